The highest BCUT2D eigenvalue weighted by atomic mass is 35.5. The van der Waals surface area contributed by atoms with E-state index in [0.717, 1.165) is 28.4 Å². The summed E-state index contributed by atoms with van der Waals surface area (Å²) in [4.78, 5) is 6.90. The van der Waals surface area contributed by atoms with E-state index in [-0.39, 0.29) is 12.2 Å². The molecule has 1 saturated heterocycles. The van der Waals surface area contributed by atoms with Gasteiger partial charge in [0.1, 0.15) is 5.52 Å². The largest absolute Gasteiger partial charge is 0.372 e. The molecule has 1 aliphatic rings. The molecule has 0 aliphatic carbocycles. The zero-order chi connectivity index (χ0) is 13.6. The minimum absolute atomic E-state index is 0.217. The van der Waals surface area contributed by atoms with Crippen molar-refractivity contribution >= 4 is 49.9 Å². The lowest BCUT2D eigenvalue weighted by atomic mass is 10.2. The second kappa shape index (κ2) is 5.09. The average molecular weight is 317 g/mol. The summed E-state index contributed by atoms with van der Waals surface area (Å²) in [6.07, 6.45) is 0.435. The monoisotopic (exact) mass is 316 g/mol. The second-order valence-corrected chi connectivity index (χ2v) is 6.75. The first-order valence-electron chi connectivity index (χ1n) is 6.19. The van der Waals surface area contributed by atoms with Crippen LogP contribution in [0.25, 0.3) is 10.2 Å². The maximum Gasteiger partial charge on any atom is 0.186 e. The summed E-state index contributed by atoms with van der Waals surface area (Å²) in [5.74, 6) is 0. The molecular weight excluding hydrogens is 303 g/mol. The molecule has 2 unspecified atom stereocenters. The number of fused-ring (bicyclic) bond motifs is 1. The van der Waals surface area contributed by atoms with Crippen molar-refractivity contribution in [1.82, 2.24) is 4.98 Å². The van der Waals surface area contributed by atoms with Gasteiger partial charge < -0.3 is 9.64 Å². The van der Waals surface area contributed by atoms with Crippen molar-refractivity contribution in [2.75, 3.05) is 18.0 Å². The highest BCUT2D eigenvalue weighted by Gasteiger charge is 2.24. The standard InChI is InChI=1S/C13H14Cl2N2OS/c1-7-5-17(6-8(2)18-7)13-16-12-10(15)3-9(14)4-11(12)19-13/h3-4,7-8H,5-6H2,1-2H3. The Kier molecular flexibility index (Phi) is 3.60. The van der Waals surface area contributed by atoms with E-state index in [4.69, 9.17) is 27.9 Å². The van der Waals surface area contributed by atoms with Crippen LogP contribution < -0.4 is 4.90 Å². The van der Waals surface area contributed by atoms with E-state index in [2.05, 4.69) is 23.7 Å². The number of hydrogen-bond donors (Lipinski definition) is 0. The first kappa shape index (κ1) is 13.4. The minimum atomic E-state index is 0.217. The van der Waals surface area contributed by atoms with Gasteiger partial charge in [0.05, 0.1) is 21.9 Å². The van der Waals surface area contributed by atoms with Gasteiger partial charge in [0.2, 0.25) is 0 Å². The molecule has 0 saturated carbocycles. The molecule has 102 valence electrons. The van der Waals surface area contributed by atoms with Crippen LogP contribution in [-0.4, -0.2) is 30.3 Å². The van der Waals surface area contributed by atoms with Crippen molar-refractivity contribution in [2.45, 2.75) is 26.1 Å². The van der Waals surface area contributed by atoms with Crippen LogP contribution in [0.15, 0.2) is 12.1 Å². The molecule has 0 N–H and O–H groups in total. The summed E-state index contributed by atoms with van der Waals surface area (Å²) in [6, 6.07) is 3.65. The van der Waals surface area contributed by atoms with Crippen LogP contribution in [0.4, 0.5) is 5.13 Å². The molecule has 1 aromatic carbocycles. The fourth-order valence-corrected chi connectivity index (χ4v) is 4.12. The second-order valence-electron chi connectivity index (χ2n) is 4.89. The fourth-order valence-electron chi connectivity index (χ4n) is 2.41. The molecule has 1 aliphatic heterocycles. The summed E-state index contributed by atoms with van der Waals surface area (Å²) in [5.41, 5.74) is 0.831. The van der Waals surface area contributed by atoms with E-state index in [9.17, 15) is 0 Å². The number of morpholine rings is 1. The van der Waals surface area contributed by atoms with Gasteiger partial charge in [-0.25, -0.2) is 4.98 Å². The van der Waals surface area contributed by atoms with E-state index >= 15 is 0 Å². The molecule has 0 spiro atoms. The highest BCUT2D eigenvalue weighted by molar-refractivity contribution is 7.22. The highest BCUT2D eigenvalue weighted by Crippen LogP contribution is 2.36. The van der Waals surface area contributed by atoms with E-state index in [1.807, 2.05) is 6.07 Å². The van der Waals surface area contributed by atoms with E-state index in [1.54, 1.807) is 17.4 Å². The molecular formula is C13H14Cl2N2OS. The zero-order valence-electron chi connectivity index (χ0n) is 10.7. The van der Waals surface area contributed by atoms with Crippen LogP contribution in [0.5, 0.6) is 0 Å². The van der Waals surface area contributed by atoms with Crippen LogP contribution in [0.1, 0.15) is 13.8 Å². The Labute approximate surface area is 126 Å². The molecule has 6 heteroatoms. The van der Waals surface area contributed by atoms with Gasteiger partial charge >= 0.3 is 0 Å². The lowest BCUT2D eigenvalue weighted by Crippen LogP contribution is -2.45. The molecule has 0 radical (unpaired) electrons. The SMILES string of the molecule is CC1CN(c2nc3c(Cl)cc(Cl)cc3s2)CC(C)O1. The lowest BCUT2D eigenvalue weighted by Gasteiger charge is -2.35. The Hall–Kier alpha value is -0.550. The lowest BCUT2D eigenvalue weighted by molar-refractivity contribution is -0.00521. The summed E-state index contributed by atoms with van der Waals surface area (Å²) >= 11 is 13.8. The van der Waals surface area contributed by atoms with Gasteiger partial charge in [-0.3, -0.25) is 0 Å². The van der Waals surface area contributed by atoms with Crippen LogP contribution in [0, 0.1) is 0 Å². The number of hydrogen-bond acceptors (Lipinski definition) is 4. The molecule has 0 amide bonds. The number of thiazole rings is 1. The third-order valence-electron chi connectivity index (χ3n) is 3.09. The maximum absolute atomic E-state index is 6.19. The number of aromatic nitrogens is 1. The van der Waals surface area contributed by atoms with Crippen molar-refractivity contribution in [2.24, 2.45) is 0 Å². The normalized spacial score (nSPS) is 24.1. The smallest absolute Gasteiger partial charge is 0.186 e. The Morgan fingerprint density at radius 3 is 2.63 bits per heavy atom. The molecule has 1 fully saturated rings. The number of ether oxygens (including phenoxy) is 1. The predicted octanol–water partition coefficient (Wildman–Crippen LogP) is 4.22. The molecule has 0 bridgehead atoms. The number of halogens is 2. The van der Waals surface area contributed by atoms with Crippen molar-refractivity contribution in [1.29, 1.82) is 0 Å². The van der Waals surface area contributed by atoms with Gasteiger partial charge in [0.25, 0.3) is 0 Å². The number of rotatable bonds is 1. The molecule has 2 atom stereocenters. The molecule has 2 heterocycles. The minimum Gasteiger partial charge on any atom is -0.372 e. The average Bonchev–Trinajstić information content (AvgIpc) is 2.71. The van der Waals surface area contributed by atoms with Crippen LogP contribution >= 0.6 is 34.5 Å². The van der Waals surface area contributed by atoms with Crippen molar-refractivity contribution < 1.29 is 4.74 Å². The molecule has 1 aromatic heterocycles. The third-order valence-corrected chi connectivity index (χ3v) is 4.66. The first-order valence-corrected chi connectivity index (χ1v) is 7.76. The van der Waals surface area contributed by atoms with Gasteiger partial charge in [-0.05, 0) is 26.0 Å². The summed E-state index contributed by atoms with van der Waals surface area (Å²) in [7, 11) is 0. The van der Waals surface area contributed by atoms with Crippen molar-refractivity contribution in [3.05, 3.63) is 22.2 Å². The molecule has 2 aromatic rings. The van der Waals surface area contributed by atoms with Gasteiger partial charge in [-0.2, -0.15) is 0 Å². The van der Waals surface area contributed by atoms with E-state index in [0.29, 0.717) is 10.0 Å². The molecule has 3 nitrogen and oxygen atoms in total. The van der Waals surface area contributed by atoms with Crippen molar-refractivity contribution in [3.8, 4) is 0 Å². The van der Waals surface area contributed by atoms with Crippen molar-refractivity contribution in [3.63, 3.8) is 0 Å². The number of benzene rings is 1. The topological polar surface area (TPSA) is 25.4 Å². The zero-order valence-corrected chi connectivity index (χ0v) is 13.0. The molecule has 19 heavy (non-hydrogen) atoms. The van der Waals surface area contributed by atoms with Gasteiger partial charge in [0.15, 0.2) is 5.13 Å². The van der Waals surface area contributed by atoms with Crippen LogP contribution in [-0.2, 0) is 4.74 Å². The predicted molar refractivity (Wildman–Crippen MR) is 81.9 cm³/mol. The summed E-state index contributed by atoms with van der Waals surface area (Å²) < 4.78 is 6.77. The fraction of sp³-hybridized carbons (Fsp3) is 0.462. The number of anilines is 1. The Bertz CT molecular complexity index is 606. The Morgan fingerprint density at radius 1 is 1.26 bits per heavy atom. The first-order chi connectivity index (χ1) is 9.02. The number of nitrogens with zero attached hydrogens (tertiary/aromatic N) is 2. The van der Waals surface area contributed by atoms with E-state index in [1.165, 1.54) is 0 Å². The Balaban J connectivity index is 1.99. The summed E-state index contributed by atoms with van der Waals surface area (Å²) in [5, 5.41) is 2.25. The third kappa shape index (κ3) is 2.68. The van der Waals surface area contributed by atoms with E-state index < -0.39 is 0 Å². The van der Waals surface area contributed by atoms with Gasteiger partial charge in [0, 0.05) is 18.1 Å². The van der Waals surface area contributed by atoms with Gasteiger partial charge in [-0.1, -0.05) is 34.5 Å². The van der Waals surface area contributed by atoms with Crippen LogP contribution in [0.2, 0.25) is 10.0 Å². The summed E-state index contributed by atoms with van der Waals surface area (Å²) in [6.45, 7) is 5.88. The van der Waals surface area contributed by atoms with Crippen LogP contribution in [0.3, 0.4) is 0 Å². The Morgan fingerprint density at radius 2 is 1.95 bits per heavy atom. The molecule has 3 rings (SSSR count). The quantitative estimate of drug-likeness (QED) is 0.787. The van der Waals surface area contributed by atoms with Gasteiger partial charge in [-0.15, -0.1) is 0 Å². The maximum atomic E-state index is 6.19.